The standard InChI is InChI=1S/C12H22N4O/c1-8(17)5-6-16(4)12-11(7-13)9(2)10(3)14-15-12/h8,17H,5-7,13H2,1-4H3. The van der Waals surface area contributed by atoms with Gasteiger partial charge in [-0.1, -0.05) is 0 Å². The lowest BCUT2D eigenvalue weighted by molar-refractivity contribution is 0.186. The Balaban J connectivity index is 2.93. The minimum absolute atomic E-state index is 0.307. The van der Waals surface area contributed by atoms with Crippen molar-refractivity contribution < 1.29 is 5.11 Å². The molecule has 3 N–H and O–H groups in total. The van der Waals surface area contributed by atoms with Crippen LogP contribution in [-0.4, -0.2) is 35.0 Å². The van der Waals surface area contributed by atoms with Gasteiger partial charge >= 0.3 is 0 Å². The molecule has 0 aliphatic carbocycles. The Kier molecular flexibility index (Phi) is 4.84. The lowest BCUT2D eigenvalue weighted by atomic mass is 10.1. The molecule has 0 amide bonds. The first-order chi connectivity index (χ1) is 7.97. The minimum atomic E-state index is -0.307. The van der Waals surface area contributed by atoms with Crippen molar-refractivity contribution in [3.05, 3.63) is 16.8 Å². The van der Waals surface area contributed by atoms with E-state index in [4.69, 9.17) is 5.73 Å². The Morgan fingerprint density at radius 3 is 2.53 bits per heavy atom. The number of nitrogens with two attached hydrogens (primary N) is 1. The van der Waals surface area contributed by atoms with E-state index < -0.39 is 0 Å². The number of aliphatic hydroxyl groups is 1. The van der Waals surface area contributed by atoms with Crippen LogP contribution in [0.1, 0.15) is 30.2 Å². The SMILES string of the molecule is Cc1nnc(N(C)CCC(C)O)c(CN)c1C. The summed E-state index contributed by atoms with van der Waals surface area (Å²) < 4.78 is 0. The molecule has 0 spiro atoms. The molecule has 0 saturated carbocycles. The number of aryl methyl sites for hydroxylation is 1. The van der Waals surface area contributed by atoms with Crippen molar-refractivity contribution in [3.63, 3.8) is 0 Å². The summed E-state index contributed by atoms with van der Waals surface area (Å²) in [4.78, 5) is 1.99. The lowest BCUT2D eigenvalue weighted by Gasteiger charge is -2.22. The van der Waals surface area contributed by atoms with E-state index in [2.05, 4.69) is 10.2 Å². The molecule has 1 atom stereocenters. The van der Waals surface area contributed by atoms with E-state index >= 15 is 0 Å². The third kappa shape index (κ3) is 3.38. The zero-order chi connectivity index (χ0) is 13.0. The molecule has 5 nitrogen and oxygen atoms in total. The first-order valence-corrected chi connectivity index (χ1v) is 5.89. The fourth-order valence-electron chi connectivity index (χ4n) is 1.68. The Morgan fingerprint density at radius 1 is 1.35 bits per heavy atom. The van der Waals surface area contributed by atoms with Crippen LogP contribution in [0.4, 0.5) is 5.82 Å². The molecule has 0 aromatic carbocycles. The first-order valence-electron chi connectivity index (χ1n) is 5.89. The van der Waals surface area contributed by atoms with Crippen molar-refractivity contribution in [1.29, 1.82) is 0 Å². The molecule has 5 heteroatoms. The molecule has 0 bridgehead atoms. The van der Waals surface area contributed by atoms with E-state index in [0.29, 0.717) is 13.0 Å². The van der Waals surface area contributed by atoms with Crippen LogP contribution in [0.15, 0.2) is 0 Å². The van der Waals surface area contributed by atoms with Crippen molar-refractivity contribution >= 4 is 5.82 Å². The second-order valence-electron chi connectivity index (χ2n) is 4.48. The van der Waals surface area contributed by atoms with Gasteiger partial charge in [0.2, 0.25) is 0 Å². The largest absolute Gasteiger partial charge is 0.393 e. The molecule has 0 aliphatic heterocycles. The van der Waals surface area contributed by atoms with E-state index in [1.165, 1.54) is 0 Å². The maximum Gasteiger partial charge on any atom is 0.155 e. The van der Waals surface area contributed by atoms with E-state index in [1.54, 1.807) is 6.92 Å². The monoisotopic (exact) mass is 238 g/mol. The molecule has 0 aliphatic rings. The molecule has 96 valence electrons. The van der Waals surface area contributed by atoms with E-state index in [1.807, 2.05) is 25.8 Å². The highest BCUT2D eigenvalue weighted by atomic mass is 16.3. The number of anilines is 1. The topological polar surface area (TPSA) is 75.3 Å². The predicted molar refractivity (Wildman–Crippen MR) is 69.0 cm³/mol. The van der Waals surface area contributed by atoms with Crippen LogP contribution in [0.2, 0.25) is 0 Å². The van der Waals surface area contributed by atoms with Crippen molar-refractivity contribution in [2.75, 3.05) is 18.5 Å². The van der Waals surface area contributed by atoms with Gasteiger partial charge in [0.1, 0.15) is 0 Å². The highest BCUT2D eigenvalue weighted by Gasteiger charge is 2.13. The summed E-state index contributed by atoms with van der Waals surface area (Å²) in [5, 5.41) is 17.6. The maximum atomic E-state index is 9.29. The number of nitrogens with zero attached hydrogens (tertiary/aromatic N) is 3. The van der Waals surface area contributed by atoms with Crippen molar-refractivity contribution in [1.82, 2.24) is 10.2 Å². The number of rotatable bonds is 5. The third-order valence-corrected chi connectivity index (χ3v) is 3.01. The second kappa shape index (κ2) is 5.93. The van der Waals surface area contributed by atoms with Crippen molar-refractivity contribution in [3.8, 4) is 0 Å². The number of aromatic nitrogens is 2. The van der Waals surface area contributed by atoms with Gasteiger partial charge in [-0.25, -0.2) is 0 Å². The summed E-state index contributed by atoms with van der Waals surface area (Å²) in [6.07, 6.45) is 0.396. The molecule has 0 saturated heterocycles. The van der Waals surface area contributed by atoms with Crippen LogP contribution >= 0.6 is 0 Å². The van der Waals surface area contributed by atoms with Crippen LogP contribution in [0, 0.1) is 13.8 Å². The van der Waals surface area contributed by atoms with Crippen molar-refractivity contribution in [2.45, 2.75) is 39.8 Å². The maximum absolute atomic E-state index is 9.29. The van der Waals surface area contributed by atoms with Gasteiger partial charge in [-0.05, 0) is 32.8 Å². The van der Waals surface area contributed by atoms with Gasteiger partial charge in [-0.2, -0.15) is 5.10 Å². The summed E-state index contributed by atoms with van der Waals surface area (Å²) in [7, 11) is 1.94. The molecule has 1 aromatic rings. The summed E-state index contributed by atoms with van der Waals surface area (Å²) in [6.45, 7) is 6.92. The van der Waals surface area contributed by atoms with Gasteiger partial charge in [0.25, 0.3) is 0 Å². The van der Waals surface area contributed by atoms with E-state index in [0.717, 1.165) is 29.2 Å². The minimum Gasteiger partial charge on any atom is -0.393 e. The fourth-order valence-corrected chi connectivity index (χ4v) is 1.68. The molecule has 17 heavy (non-hydrogen) atoms. The van der Waals surface area contributed by atoms with Crippen LogP contribution in [-0.2, 0) is 6.54 Å². The quantitative estimate of drug-likeness (QED) is 0.792. The third-order valence-electron chi connectivity index (χ3n) is 3.01. The molecule has 1 unspecified atom stereocenters. The highest BCUT2D eigenvalue weighted by Crippen LogP contribution is 2.20. The van der Waals surface area contributed by atoms with Gasteiger partial charge in [0.05, 0.1) is 11.8 Å². The average molecular weight is 238 g/mol. The normalized spacial score (nSPS) is 12.6. The fraction of sp³-hybridized carbons (Fsp3) is 0.667. The molecular weight excluding hydrogens is 216 g/mol. The van der Waals surface area contributed by atoms with Gasteiger partial charge in [0.15, 0.2) is 5.82 Å². The zero-order valence-corrected chi connectivity index (χ0v) is 11.1. The number of aliphatic hydroxyl groups excluding tert-OH is 1. The zero-order valence-electron chi connectivity index (χ0n) is 11.1. The summed E-state index contributed by atoms with van der Waals surface area (Å²) in [6, 6.07) is 0. The number of hydrogen-bond acceptors (Lipinski definition) is 5. The molecule has 1 heterocycles. The van der Waals surface area contributed by atoms with E-state index in [-0.39, 0.29) is 6.10 Å². The van der Waals surface area contributed by atoms with Crippen LogP contribution < -0.4 is 10.6 Å². The van der Waals surface area contributed by atoms with Gasteiger partial charge in [-0.15, -0.1) is 5.10 Å². The molecule has 1 rings (SSSR count). The smallest absolute Gasteiger partial charge is 0.155 e. The predicted octanol–water partition coefficient (Wildman–Crippen LogP) is 0.759. The Hall–Kier alpha value is -1.20. The number of hydrogen-bond donors (Lipinski definition) is 2. The van der Waals surface area contributed by atoms with Crippen LogP contribution in [0.25, 0.3) is 0 Å². The Bertz CT molecular complexity index is 379. The summed E-state index contributed by atoms with van der Waals surface area (Å²) >= 11 is 0. The summed E-state index contributed by atoms with van der Waals surface area (Å²) in [5.74, 6) is 0.816. The lowest BCUT2D eigenvalue weighted by Crippen LogP contribution is -2.25. The van der Waals surface area contributed by atoms with Crippen LogP contribution in [0.5, 0.6) is 0 Å². The van der Waals surface area contributed by atoms with Gasteiger partial charge < -0.3 is 15.7 Å². The first kappa shape index (κ1) is 13.9. The molecule has 0 radical (unpaired) electrons. The van der Waals surface area contributed by atoms with Gasteiger partial charge in [0, 0.05) is 25.7 Å². The average Bonchev–Trinajstić information content (AvgIpc) is 2.29. The van der Waals surface area contributed by atoms with E-state index in [9.17, 15) is 5.11 Å². The van der Waals surface area contributed by atoms with Crippen molar-refractivity contribution in [2.24, 2.45) is 5.73 Å². The molecule has 0 fully saturated rings. The molecule has 1 aromatic heterocycles. The second-order valence-corrected chi connectivity index (χ2v) is 4.48. The highest BCUT2D eigenvalue weighted by molar-refractivity contribution is 5.50. The van der Waals surface area contributed by atoms with Crippen LogP contribution in [0.3, 0.4) is 0 Å². The Labute approximate surface area is 103 Å². The summed E-state index contributed by atoms with van der Waals surface area (Å²) in [5.41, 5.74) is 8.82. The molecular formula is C12H22N4O. The Morgan fingerprint density at radius 2 is 2.00 bits per heavy atom. The van der Waals surface area contributed by atoms with Gasteiger partial charge in [-0.3, -0.25) is 0 Å².